The van der Waals surface area contributed by atoms with E-state index >= 15 is 0 Å². The molecular weight excluding hydrogens is 322 g/mol. The van der Waals surface area contributed by atoms with Gasteiger partial charge in [0.2, 0.25) is 5.91 Å². The van der Waals surface area contributed by atoms with Crippen LogP contribution in [0.15, 0.2) is 60.7 Å². The van der Waals surface area contributed by atoms with E-state index in [-0.39, 0.29) is 5.91 Å². The lowest BCUT2D eigenvalue weighted by molar-refractivity contribution is -0.142. The molecule has 1 amide bonds. The number of carboxylic acids is 1. The van der Waals surface area contributed by atoms with Crippen molar-refractivity contribution in [3.8, 4) is 0 Å². The maximum atomic E-state index is 11.8. The number of carbonyl (C=O) groups excluding carboxylic acids is 1. The first-order chi connectivity index (χ1) is 11.4. The number of rotatable bonds is 7. The van der Waals surface area contributed by atoms with Crippen molar-refractivity contribution in [2.24, 2.45) is 0 Å². The van der Waals surface area contributed by atoms with Gasteiger partial charge in [0, 0.05) is 6.92 Å². The van der Waals surface area contributed by atoms with Gasteiger partial charge in [0.1, 0.15) is 6.04 Å². The summed E-state index contributed by atoms with van der Waals surface area (Å²) in [4.78, 5) is 23.3. The van der Waals surface area contributed by atoms with Gasteiger partial charge >= 0.3 is 5.97 Å². The Balaban J connectivity index is 2.38. The van der Waals surface area contributed by atoms with Gasteiger partial charge in [0.05, 0.1) is 4.75 Å². The van der Waals surface area contributed by atoms with Crippen LogP contribution in [0.25, 0.3) is 0 Å². The van der Waals surface area contributed by atoms with Crippen molar-refractivity contribution in [1.82, 2.24) is 5.32 Å². The Morgan fingerprint density at radius 1 is 1.00 bits per heavy atom. The largest absolute Gasteiger partial charge is 0.480 e. The van der Waals surface area contributed by atoms with E-state index in [1.165, 1.54) is 6.92 Å². The molecular formula is C19H21NO3S. The van der Waals surface area contributed by atoms with Gasteiger partial charge in [-0.25, -0.2) is 4.79 Å². The van der Waals surface area contributed by atoms with E-state index in [2.05, 4.69) is 5.32 Å². The average Bonchev–Trinajstić information content (AvgIpc) is 2.54. The summed E-state index contributed by atoms with van der Waals surface area (Å²) < 4.78 is -0.958. The molecule has 2 N–H and O–H groups in total. The molecule has 0 radical (unpaired) electrons. The van der Waals surface area contributed by atoms with Crippen molar-refractivity contribution in [3.05, 3.63) is 71.8 Å². The van der Waals surface area contributed by atoms with Crippen LogP contribution in [0.3, 0.4) is 0 Å². The van der Waals surface area contributed by atoms with E-state index in [1.54, 1.807) is 0 Å². The number of carbonyl (C=O) groups is 2. The number of benzene rings is 2. The predicted molar refractivity (Wildman–Crippen MR) is 97.2 cm³/mol. The normalized spacial score (nSPS) is 12.4. The molecule has 0 saturated heterocycles. The highest BCUT2D eigenvalue weighted by Crippen LogP contribution is 2.30. The van der Waals surface area contributed by atoms with E-state index in [9.17, 15) is 14.7 Å². The molecule has 5 heteroatoms. The highest BCUT2D eigenvalue weighted by atomic mass is 32.1. The number of hydrogen-bond donors (Lipinski definition) is 3. The molecule has 0 saturated carbocycles. The molecule has 0 spiro atoms. The van der Waals surface area contributed by atoms with Crippen molar-refractivity contribution >= 4 is 24.5 Å². The number of nitrogens with one attached hydrogen (secondary N) is 1. The van der Waals surface area contributed by atoms with E-state index in [0.29, 0.717) is 12.8 Å². The maximum absolute atomic E-state index is 11.8. The minimum Gasteiger partial charge on any atom is -0.480 e. The first-order valence-electron chi connectivity index (χ1n) is 7.71. The summed E-state index contributed by atoms with van der Waals surface area (Å²) in [5.74, 6) is -1.48. The SMILES string of the molecule is CC(=O)NC(C(=O)O)C(S)(Cc1ccccc1)Cc1ccccc1. The molecule has 0 aliphatic carbocycles. The van der Waals surface area contributed by atoms with E-state index in [0.717, 1.165) is 11.1 Å². The van der Waals surface area contributed by atoms with Crippen LogP contribution in [0, 0.1) is 0 Å². The Labute approximate surface area is 147 Å². The predicted octanol–water partition coefficient (Wildman–Crippen LogP) is 2.73. The van der Waals surface area contributed by atoms with Crippen molar-refractivity contribution in [1.29, 1.82) is 0 Å². The van der Waals surface area contributed by atoms with Gasteiger partial charge in [-0.2, -0.15) is 12.6 Å². The van der Waals surface area contributed by atoms with Crippen LogP contribution >= 0.6 is 12.6 Å². The summed E-state index contributed by atoms with van der Waals surface area (Å²) in [5, 5.41) is 12.2. The zero-order chi connectivity index (χ0) is 17.6. The molecule has 24 heavy (non-hydrogen) atoms. The molecule has 2 aromatic carbocycles. The van der Waals surface area contributed by atoms with Crippen molar-refractivity contribution in [2.75, 3.05) is 0 Å². The number of thiol groups is 1. The Hall–Kier alpha value is -2.27. The number of aliphatic carboxylic acids is 1. The number of carboxylic acid groups (broad SMARTS) is 1. The fourth-order valence-corrected chi connectivity index (χ4v) is 3.33. The number of hydrogen-bond acceptors (Lipinski definition) is 3. The van der Waals surface area contributed by atoms with Crippen LogP contribution in [-0.4, -0.2) is 27.8 Å². The molecule has 1 unspecified atom stereocenters. The molecule has 0 aliphatic heterocycles. The van der Waals surface area contributed by atoms with Gasteiger partial charge in [-0.1, -0.05) is 60.7 Å². The molecule has 2 rings (SSSR count). The van der Waals surface area contributed by atoms with Crippen LogP contribution < -0.4 is 5.32 Å². The molecule has 0 aromatic heterocycles. The van der Waals surface area contributed by atoms with E-state index in [1.807, 2.05) is 60.7 Å². The maximum Gasteiger partial charge on any atom is 0.327 e. The van der Waals surface area contributed by atoms with Crippen LogP contribution in [0.4, 0.5) is 0 Å². The summed E-state index contributed by atoms with van der Waals surface area (Å²) in [5.41, 5.74) is 1.94. The third-order valence-electron chi connectivity index (χ3n) is 3.84. The Kier molecular flexibility index (Phi) is 6.04. The van der Waals surface area contributed by atoms with Crippen molar-refractivity contribution < 1.29 is 14.7 Å². The standard InChI is InChI=1S/C19H21NO3S/c1-14(21)20-17(18(22)23)19(24,12-15-8-4-2-5-9-15)13-16-10-6-3-7-11-16/h2-11,17,24H,12-13H2,1H3,(H,20,21)(H,22,23). The fraction of sp³-hybridized carbons (Fsp3) is 0.263. The van der Waals surface area contributed by atoms with Crippen LogP contribution in [0.5, 0.6) is 0 Å². The van der Waals surface area contributed by atoms with E-state index < -0.39 is 16.8 Å². The van der Waals surface area contributed by atoms with Crippen molar-refractivity contribution in [3.63, 3.8) is 0 Å². The molecule has 1 atom stereocenters. The van der Waals surface area contributed by atoms with Gasteiger partial charge in [0.15, 0.2) is 0 Å². The molecule has 4 nitrogen and oxygen atoms in total. The molecule has 0 bridgehead atoms. The summed E-state index contributed by atoms with van der Waals surface area (Å²) in [6.45, 7) is 1.31. The minimum atomic E-state index is -1.10. The summed E-state index contributed by atoms with van der Waals surface area (Å²) >= 11 is 4.75. The Morgan fingerprint density at radius 2 is 1.42 bits per heavy atom. The van der Waals surface area contributed by atoms with E-state index in [4.69, 9.17) is 12.6 Å². The highest BCUT2D eigenvalue weighted by molar-refractivity contribution is 7.82. The van der Waals surface area contributed by atoms with Crippen LogP contribution in [0.1, 0.15) is 18.1 Å². The van der Waals surface area contributed by atoms with Crippen LogP contribution in [-0.2, 0) is 22.4 Å². The quantitative estimate of drug-likeness (QED) is 0.677. The van der Waals surface area contributed by atoms with Crippen molar-refractivity contribution in [2.45, 2.75) is 30.6 Å². The van der Waals surface area contributed by atoms with Crippen LogP contribution in [0.2, 0.25) is 0 Å². The second-order valence-corrected chi connectivity index (χ2v) is 6.79. The molecule has 0 heterocycles. The third-order valence-corrected chi connectivity index (χ3v) is 4.41. The number of amides is 1. The lowest BCUT2D eigenvalue weighted by atomic mass is 9.85. The Bertz CT molecular complexity index is 647. The molecule has 2 aromatic rings. The zero-order valence-electron chi connectivity index (χ0n) is 13.5. The molecule has 126 valence electrons. The molecule has 0 fully saturated rings. The third kappa shape index (κ3) is 4.86. The summed E-state index contributed by atoms with van der Waals surface area (Å²) in [6, 6.07) is 18.1. The zero-order valence-corrected chi connectivity index (χ0v) is 14.4. The lowest BCUT2D eigenvalue weighted by Crippen LogP contribution is -2.56. The first-order valence-corrected chi connectivity index (χ1v) is 8.15. The smallest absolute Gasteiger partial charge is 0.327 e. The van der Waals surface area contributed by atoms with Gasteiger partial charge in [-0.3, -0.25) is 4.79 Å². The highest BCUT2D eigenvalue weighted by Gasteiger charge is 2.41. The lowest BCUT2D eigenvalue weighted by Gasteiger charge is -2.35. The minimum absolute atomic E-state index is 0.387. The second-order valence-electron chi connectivity index (χ2n) is 5.90. The topological polar surface area (TPSA) is 66.4 Å². The summed E-state index contributed by atoms with van der Waals surface area (Å²) in [7, 11) is 0. The fourth-order valence-electron chi connectivity index (χ4n) is 2.79. The summed E-state index contributed by atoms with van der Waals surface area (Å²) in [6.07, 6.45) is 0.839. The average molecular weight is 343 g/mol. The van der Waals surface area contributed by atoms with Gasteiger partial charge in [-0.15, -0.1) is 0 Å². The van der Waals surface area contributed by atoms with Gasteiger partial charge in [-0.05, 0) is 24.0 Å². The first kappa shape index (κ1) is 18.1. The van der Waals surface area contributed by atoms with Gasteiger partial charge in [0.25, 0.3) is 0 Å². The molecule has 0 aliphatic rings. The van der Waals surface area contributed by atoms with Gasteiger partial charge < -0.3 is 10.4 Å². The second kappa shape index (κ2) is 8.02. The monoisotopic (exact) mass is 343 g/mol. The Morgan fingerprint density at radius 3 is 1.75 bits per heavy atom.